The highest BCUT2D eigenvalue weighted by atomic mass is 32.2. The molecule has 6 heteroatoms. The molecule has 0 fully saturated rings. The maximum atomic E-state index is 12.0. The first-order chi connectivity index (χ1) is 11.8. The predicted molar refractivity (Wildman–Crippen MR) is 102 cm³/mol. The number of methoxy groups -OCH3 is 2. The van der Waals surface area contributed by atoms with Gasteiger partial charge in [0.1, 0.15) is 11.5 Å². The summed E-state index contributed by atoms with van der Waals surface area (Å²) in [6.45, 7) is 5.77. The minimum Gasteiger partial charge on any atom is -0.496 e. The zero-order valence-corrected chi connectivity index (χ0v) is 16.1. The first-order valence-corrected chi connectivity index (χ1v) is 9.84. The molecule has 0 saturated heterocycles. The molecule has 0 amide bonds. The number of benzene rings is 2. The van der Waals surface area contributed by atoms with Crippen molar-refractivity contribution in [1.29, 1.82) is 0 Å². The number of hydrogen-bond donors (Lipinski definition) is 1. The van der Waals surface area contributed by atoms with Gasteiger partial charge in [0.05, 0.1) is 25.7 Å². The van der Waals surface area contributed by atoms with Gasteiger partial charge in [-0.05, 0) is 30.5 Å². The van der Waals surface area contributed by atoms with Crippen LogP contribution in [-0.4, -0.2) is 28.4 Å². The second kappa shape index (κ2) is 7.78. The first kappa shape index (κ1) is 19.1. The number of hydrogen-bond acceptors (Lipinski definition) is 4. The van der Waals surface area contributed by atoms with Crippen molar-refractivity contribution < 1.29 is 17.9 Å². The first-order valence-electron chi connectivity index (χ1n) is 8.18. The van der Waals surface area contributed by atoms with Crippen molar-refractivity contribution in [1.82, 2.24) is 0 Å². The zero-order chi connectivity index (χ0) is 18.6. The maximum absolute atomic E-state index is 12.0. The second-order valence-electron chi connectivity index (χ2n) is 6.00. The van der Waals surface area contributed by atoms with Crippen LogP contribution >= 0.6 is 0 Å². The van der Waals surface area contributed by atoms with Gasteiger partial charge in [-0.2, -0.15) is 0 Å². The van der Waals surface area contributed by atoms with Crippen LogP contribution in [0, 0.1) is 0 Å². The van der Waals surface area contributed by atoms with E-state index < -0.39 is 10.0 Å². The highest BCUT2D eigenvalue weighted by molar-refractivity contribution is 7.92. The van der Waals surface area contributed by atoms with Crippen molar-refractivity contribution in [3.05, 3.63) is 42.0 Å². The molecule has 0 aromatic heterocycles. The van der Waals surface area contributed by atoms with Crippen molar-refractivity contribution in [2.75, 3.05) is 24.7 Å². The fourth-order valence-corrected chi connectivity index (χ4v) is 3.29. The van der Waals surface area contributed by atoms with Crippen molar-refractivity contribution in [2.45, 2.75) is 26.7 Å². The topological polar surface area (TPSA) is 64.6 Å². The lowest BCUT2D eigenvalue weighted by Gasteiger charge is -2.19. The van der Waals surface area contributed by atoms with Crippen LogP contribution in [0.2, 0.25) is 0 Å². The SMILES string of the molecule is CCS(=O)(=O)Nc1ccccc1-c1cc(C(C)C)c(OC)cc1OC. The van der Waals surface area contributed by atoms with Crippen LogP contribution in [0.1, 0.15) is 32.3 Å². The summed E-state index contributed by atoms with van der Waals surface area (Å²) in [5, 5.41) is 0. The van der Waals surface area contributed by atoms with Gasteiger partial charge in [0.25, 0.3) is 0 Å². The van der Waals surface area contributed by atoms with Crippen LogP contribution in [-0.2, 0) is 10.0 Å². The van der Waals surface area contributed by atoms with Crippen LogP contribution in [0.5, 0.6) is 11.5 Å². The summed E-state index contributed by atoms with van der Waals surface area (Å²) in [6.07, 6.45) is 0. The van der Waals surface area contributed by atoms with Crippen LogP contribution in [0.3, 0.4) is 0 Å². The molecular formula is C19H25NO4S. The molecule has 0 aliphatic rings. The molecule has 0 radical (unpaired) electrons. The fraction of sp³-hybridized carbons (Fsp3) is 0.368. The van der Waals surface area contributed by atoms with Gasteiger partial charge in [0.2, 0.25) is 10.0 Å². The fourth-order valence-electron chi connectivity index (χ4n) is 2.63. The Labute approximate surface area is 150 Å². The second-order valence-corrected chi connectivity index (χ2v) is 8.01. The van der Waals surface area contributed by atoms with E-state index in [-0.39, 0.29) is 11.7 Å². The van der Waals surface area contributed by atoms with Gasteiger partial charge >= 0.3 is 0 Å². The summed E-state index contributed by atoms with van der Waals surface area (Å²) in [4.78, 5) is 0. The van der Waals surface area contributed by atoms with Crippen molar-refractivity contribution in [3.8, 4) is 22.6 Å². The standard InChI is InChI=1S/C19H25NO4S/c1-6-25(21,22)20-17-10-8-7-9-14(17)16-11-15(13(2)3)18(23-4)12-19(16)24-5/h7-13,20H,6H2,1-5H3. The Kier molecular flexibility index (Phi) is 5.95. The molecule has 2 aromatic carbocycles. The van der Waals surface area contributed by atoms with Crippen molar-refractivity contribution in [3.63, 3.8) is 0 Å². The molecule has 136 valence electrons. The third-order valence-electron chi connectivity index (χ3n) is 4.04. The summed E-state index contributed by atoms with van der Waals surface area (Å²) < 4.78 is 37.7. The average molecular weight is 363 g/mol. The minimum atomic E-state index is -3.38. The molecule has 0 aliphatic carbocycles. The van der Waals surface area contributed by atoms with Crippen molar-refractivity contribution in [2.24, 2.45) is 0 Å². The van der Waals surface area contributed by atoms with E-state index in [0.717, 1.165) is 22.4 Å². The Hall–Kier alpha value is -2.21. The molecule has 2 aromatic rings. The van der Waals surface area contributed by atoms with Crippen LogP contribution in [0.4, 0.5) is 5.69 Å². The van der Waals surface area contributed by atoms with Gasteiger partial charge in [-0.15, -0.1) is 0 Å². The molecule has 2 rings (SSSR count). The molecule has 0 aliphatic heterocycles. The molecule has 1 N–H and O–H groups in total. The van der Waals surface area contributed by atoms with Crippen LogP contribution in [0.15, 0.2) is 36.4 Å². The zero-order valence-electron chi connectivity index (χ0n) is 15.3. The van der Waals surface area contributed by atoms with Crippen LogP contribution in [0.25, 0.3) is 11.1 Å². The van der Waals surface area contributed by atoms with Gasteiger partial charge in [-0.3, -0.25) is 4.72 Å². The Morgan fingerprint density at radius 2 is 1.64 bits per heavy atom. The van der Waals surface area contributed by atoms with E-state index in [9.17, 15) is 8.42 Å². The minimum absolute atomic E-state index is 0.0122. The number of sulfonamides is 1. The van der Waals surface area contributed by atoms with E-state index >= 15 is 0 Å². The maximum Gasteiger partial charge on any atom is 0.232 e. The largest absolute Gasteiger partial charge is 0.496 e. The smallest absolute Gasteiger partial charge is 0.232 e. The third kappa shape index (κ3) is 4.25. The van der Waals surface area contributed by atoms with Crippen LogP contribution < -0.4 is 14.2 Å². The molecule has 0 unspecified atom stereocenters. The lowest BCUT2D eigenvalue weighted by molar-refractivity contribution is 0.390. The Morgan fingerprint density at radius 3 is 2.20 bits per heavy atom. The molecule has 25 heavy (non-hydrogen) atoms. The Bertz CT molecular complexity index is 844. The van der Waals surface area contributed by atoms with Crippen molar-refractivity contribution >= 4 is 15.7 Å². The molecule has 0 bridgehead atoms. The summed E-state index contributed by atoms with van der Waals surface area (Å²) in [5.74, 6) is 1.64. The number of ether oxygens (including phenoxy) is 2. The molecule has 0 saturated carbocycles. The Balaban J connectivity index is 2.68. The van der Waals surface area contributed by atoms with E-state index in [1.54, 1.807) is 33.3 Å². The van der Waals surface area contributed by atoms with E-state index in [4.69, 9.17) is 9.47 Å². The highest BCUT2D eigenvalue weighted by Crippen LogP contribution is 2.41. The molecule has 0 heterocycles. The summed E-state index contributed by atoms with van der Waals surface area (Å²) in [6, 6.07) is 11.1. The van der Waals surface area contributed by atoms with E-state index in [2.05, 4.69) is 18.6 Å². The molecular weight excluding hydrogens is 338 g/mol. The predicted octanol–water partition coefficient (Wildman–Crippen LogP) is 4.26. The molecule has 0 spiro atoms. The Morgan fingerprint density at radius 1 is 1.00 bits per heavy atom. The highest BCUT2D eigenvalue weighted by Gasteiger charge is 2.18. The number of anilines is 1. The number of rotatable bonds is 7. The third-order valence-corrected chi connectivity index (χ3v) is 5.33. The normalized spacial score (nSPS) is 11.4. The molecule has 5 nitrogen and oxygen atoms in total. The monoisotopic (exact) mass is 363 g/mol. The number of nitrogens with one attached hydrogen (secondary N) is 1. The summed E-state index contributed by atoms with van der Waals surface area (Å²) in [5.41, 5.74) is 3.15. The summed E-state index contributed by atoms with van der Waals surface area (Å²) in [7, 11) is -0.159. The van der Waals surface area contributed by atoms with Gasteiger partial charge in [-0.25, -0.2) is 8.42 Å². The lowest BCUT2D eigenvalue weighted by atomic mass is 9.94. The van der Waals surface area contributed by atoms with E-state index in [1.807, 2.05) is 24.3 Å². The van der Waals surface area contributed by atoms with E-state index in [1.165, 1.54) is 0 Å². The lowest BCUT2D eigenvalue weighted by Crippen LogP contribution is -2.15. The molecule has 0 atom stereocenters. The quantitative estimate of drug-likeness (QED) is 0.798. The summed E-state index contributed by atoms with van der Waals surface area (Å²) >= 11 is 0. The van der Waals surface area contributed by atoms with Gasteiger partial charge in [-0.1, -0.05) is 32.0 Å². The van der Waals surface area contributed by atoms with E-state index in [0.29, 0.717) is 11.4 Å². The average Bonchev–Trinajstić information content (AvgIpc) is 2.60. The van der Waals surface area contributed by atoms with Gasteiger partial charge in [0, 0.05) is 17.2 Å². The number of para-hydroxylation sites is 1. The van der Waals surface area contributed by atoms with Gasteiger partial charge in [0.15, 0.2) is 0 Å². The van der Waals surface area contributed by atoms with Gasteiger partial charge < -0.3 is 9.47 Å².